The van der Waals surface area contributed by atoms with Gasteiger partial charge in [-0.25, -0.2) is 0 Å². The summed E-state index contributed by atoms with van der Waals surface area (Å²) < 4.78 is 6.03. The lowest BCUT2D eigenvalue weighted by Crippen LogP contribution is -1.85. The zero-order chi connectivity index (χ0) is 10.3. The number of nitrogens with one attached hydrogen (secondary N) is 1. The molecule has 0 aliphatic rings. The number of oxazole rings is 1. The topological polar surface area (TPSA) is 38.1 Å². The average molecular weight is 296 g/mol. The molecule has 0 spiro atoms. The van der Waals surface area contributed by atoms with Crippen LogP contribution in [0.25, 0.3) is 11.1 Å². The van der Waals surface area contributed by atoms with Crippen molar-refractivity contribution in [1.29, 1.82) is 0 Å². The standard InChI is InChI=1S/C8H5BrCl2N2O/c1-12-8-13-4-2-3(9)5(10)6(11)7(4)14-8/h2H,1H3,(H,12,13). The Kier molecular flexibility index (Phi) is 2.60. The SMILES string of the molecule is CNc1nc2cc(Br)c(Cl)c(Cl)c2o1. The number of aromatic nitrogens is 1. The predicted molar refractivity (Wildman–Crippen MR) is 61.3 cm³/mol. The van der Waals surface area contributed by atoms with Crippen molar-refractivity contribution in [2.45, 2.75) is 0 Å². The Bertz CT molecular complexity index is 498. The first-order chi connectivity index (χ1) is 6.63. The largest absolute Gasteiger partial charge is 0.422 e. The van der Waals surface area contributed by atoms with E-state index < -0.39 is 0 Å². The Morgan fingerprint density at radius 2 is 2.14 bits per heavy atom. The van der Waals surface area contributed by atoms with Gasteiger partial charge in [0.1, 0.15) is 10.5 Å². The highest BCUT2D eigenvalue weighted by Crippen LogP contribution is 2.37. The fourth-order valence-electron chi connectivity index (χ4n) is 1.08. The highest BCUT2D eigenvalue weighted by molar-refractivity contribution is 9.10. The van der Waals surface area contributed by atoms with Crippen LogP contribution < -0.4 is 5.32 Å². The highest BCUT2D eigenvalue weighted by atomic mass is 79.9. The number of rotatable bonds is 1. The van der Waals surface area contributed by atoms with Crippen LogP contribution in [0.4, 0.5) is 6.01 Å². The van der Waals surface area contributed by atoms with Crippen molar-refractivity contribution in [1.82, 2.24) is 4.98 Å². The van der Waals surface area contributed by atoms with Gasteiger partial charge in [-0.15, -0.1) is 0 Å². The quantitative estimate of drug-likeness (QED) is 0.810. The average Bonchev–Trinajstić information content (AvgIpc) is 2.57. The summed E-state index contributed by atoms with van der Waals surface area (Å²) >= 11 is 15.2. The second kappa shape index (κ2) is 3.61. The van der Waals surface area contributed by atoms with Gasteiger partial charge in [0.25, 0.3) is 6.01 Å². The molecule has 0 saturated heterocycles. The van der Waals surface area contributed by atoms with Gasteiger partial charge in [0, 0.05) is 11.5 Å². The molecule has 14 heavy (non-hydrogen) atoms. The van der Waals surface area contributed by atoms with Gasteiger partial charge in [0.05, 0.1) is 5.02 Å². The van der Waals surface area contributed by atoms with Crippen LogP contribution in [-0.4, -0.2) is 12.0 Å². The van der Waals surface area contributed by atoms with Crippen molar-refractivity contribution in [3.8, 4) is 0 Å². The smallest absolute Gasteiger partial charge is 0.295 e. The summed E-state index contributed by atoms with van der Waals surface area (Å²) in [6, 6.07) is 2.17. The molecular formula is C8H5BrCl2N2O. The first kappa shape index (κ1) is 10.1. The Hall–Kier alpha value is -0.450. The first-order valence-electron chi connectivity index (χ1n) is 3.75. The molecule has 1 aromatic heterocycles. The highest BCUT2D eigenvalue weighted by Gasteiger charge is 2.14. The second-order valence-corrected chi connectivity index (χ2v) is 4.21. The van der Waals surface area contributed by atoms with Gasteiger partial charge in [0.2, 0.25) is 0 Å². The van der Waals surface area contributed by atoms with Crippen LogP contribution in [0.5, 0.6) is 0 Å². The number of hydrogen-bond acceptors (Lipinski definition) is 3. The summed E-state index contributed by atoms with van der Waals surface area (Å²) in [5.41, 5.74) is 1.15. The molecule has 0 unspecified atom stereocenters. The summed E-state index contributed by atoms with van der Waals surface area (Å²) in [6.45, 7) is 0. The van der Waals surface area contributed by atoms with Crippen LogP contribution in [0.3, 0.4) is 0 Å². The van der Waals surface area contributed by atoms with Gasteiger partial charge in [-0.1, -0.05) is 23.2 Å². The third-order valence-electron chi connectivity index (χ3n) is 1.73. The number of halogens is 3. The van der Waals surface area contributed by atoms with Crippen LogP contribution in [-0.2, 0) is 0 Å². The van der Waals surface area contributed by atoms with Crippen molar-refractivity contribution in [3.63, 3.8) is 0 Å². The van der Waals surface area contributed by atoms with E-state index in [0.29, 0.717) is 31.6 Å². The van der Waals surface area contributed by atoms with Crippen molar-refractivity contribution in [3.05, 3.63) is 20.6 Å². The molecule has 0 aliphatic heterocycles. The lowest BCUT2D eigenvalue weighted by Gasteiger charge is -1.97. The third-order valence-corrected chi connectivity index (χ3v) is 3.44. The molecule has 74 valence electrons. The van der Waals surface area contributed by atoms with E-state index in [9.17, 15) is 0 Å². The molecule has 0 bridgehead atoms. The van der Waals surface area contributed by atoms with Crippen molar-refractivity contribution < 1.29 is 4.42 Å². The van der Waals surface area contributed by atoms with E-state index in [0.717, 1.165) is 0 Å². The fourth-order valence-corrected chi connectivity index (χ4v) is 1.99. The van der Waals surface area contributed by atoms with Gasteiger partial charge in [0.15, 0.2) is 5.58 Å². The monoisotopic (exact) mass is 294 g/mol. The van der Waals surface area contributed by atoms with Gasteiger partial charge >= 0.3 is 0 Å². The Balaban J connectivity index is 2.81. The molecule has 0 saturated carbocycles. The molecule has 1 aromatic carbocycles. The lowest BCUT2D eigenvalue weighted by atomic mass is 10.3. The minimum Gasteiger partial charge on any atom is -0.422 e. The van der Waals surface area contributed by atoms with Crippen LogP contribution in [0.1, 0.15) is 0 Å². The van der Waals surface area contributed by atoms with Crippen molar-refractivity contribution in [2.75, 3.05) is 12.4 Å². The molecule has 2 aromatic rings. The number of benzene rings is 1. The fraction of sp³-hybridized carbons (Fsp3) is 0.125. The van der Waals surface area contributed by atoms with Gasteiger partial charge in [-0.05, 0) is 22.0 Å². The molecule has 0 atom stereocenters. The van der Waals surface area contributed by atoms with Gasteiger partial charge < -0.3 is 9.73 Å². The Morgan fingerprint density at radius 3 is 2.79 bits per heavy atom. The number of nitrogens with zero attached hydrogens (tertiary/aromatic N) is 1. The normalized spacial score (nSPS) is 10.9. The third kappa shape index (κ3) is 1.47. The van der Waals surface area contributed by atoms with Crippen LogP contribution in [0.15, 0.2) is 15.0 Å². The van der Waals surface area contributed by atoms with Crippen molar-refractivity contribution >= 4 is 56.2 Å². The van der Waals surface area contributed by atoms with E-state index >= 15 is 0 Å². The van der Waals surface area contributed by atoms with E-state index in [4.69, 9.17) is 27.6 Å². The zero-order valence-corrected chi connectivity index (χ0v) is 10.2. The number of hydrogen-bond donors (Lipinski definition) is 1. The predicted octanol–water partition coefficient (Wildman–Crippen LogP) is 3.94. The van der Waals surface area contributed by atoms with E-state index in [2.05, 4.69) is 26.2 Å². The molecule has 3 nitrogen and oxygen atoms in total. The van der Waals surface area contributed by atoms with Crippen molar-refractivity contribution in [2.24, 2.45) is 0 Å². The summed E-state index contributed by atoms with van der Waals surface area (Å²) in [4.78, 5) is 4.14. The van der Waals surface area contributed by atoms with E-state index in [1.807, 2.05) is 0 Å². The van der Waals surface area contributed by atoms with Gasteiger partial charge in [-0.3, -0.25) is 0 Å². The Morgan fingerprint density at radius 1 is 1.43 bits per heavy atom. The molecule has 1 heterocycles. The maximum atomic E-state index is 5.98. The number of anilines is 1. The number of fused-ring (bicyclic) bond motifs is 1. The van der Waals surface area contributed by atoms with E-state index in [1.165, 1.54) is 0 Å². The first-order valence-corrected chi connectivity index (χ1v) is 5.30. The summed E-state index contributed by atoms with van der Waals surface area (Å²) in [6.07, 6.45) is 0. The summed E-state index contributed by atoms with van der Waals surface area (Å²) in [7, 11) is 1.72. The molecule has 0 amide bonds. The maximum Gasteiger partial charge on any atom is 0.295 e. The summed E-state index contributed by atoms with van der Waals surface area (Å²) in [5, 5.41) is 3.58. The van der Waals surface area contributed by atoms with Crippen LogP contribution in [0.2, 0.25) is 10.0 Å². The molecule has 6 heteroatoms. The van der Waals surface area contributed by atoms with Gasteiger partial charge in [-0.2, -0.15) is 4.98 Å². The molecule has 0 aliphatic carbocycles. The second-order valence-electron chi connectivity index (χ2n) is 2.60. The van der Waals surface area contributed by atoms with E-state index in [1.54, 1.807) is 13.1 Å². The molecule has 2 rings (SSSR count). The molecule has 0 radical (unpaired) electrons. The van der Waals surface area contributed by atoms with Crippen LogP contribution in [0, 0.1) is 0 Å². The lowest BCUT2D eigenvalue weighted by molar-refractivity contribution is 0.620. The Labute approximate surface area is 98.5 Å². The zero-order valence-electron chi connectivity index (χ0n) is 7.07. The summed E-state index contributed by atoms with van der Waals surface area (Å²) in [5.74, 6) is 0. The molecular weight excluding hydrogens is 291 g/mol. The minimum atomic E-state index is 0.366. The van der Waals surface area contributed by atoms with E-state index in [-0.39, 0.29) is 0 Å². The molecule has 0 fully saturated rings. The molecule has 1 N–H and O–H groups in total. The minimum absolute atomic E-state index is 0.366. The van der Waals surface area contributed by atoms with Crippen LogP contribution >= 0.6 is 39.1 Å². The maximum absolute atomic E-state index is 5.98.